The predicted molar refractivity (Wildman–Crippen MR) is 69.5 cm³/mol. The molecule has 1 aromatic rings. The predicted octanol–water partition coefficient (Wildman–Crippen LogP) is 0.938. The first-order valence-corrected chi connectivity index (χ1v) is 6.20. The summed E-state index contributed by atoms with van der Waals surface area (Å²) in [6, 6.07) is 3.51. The van der Waals surface area contributed by atoms with E-state index in [1.165, 1.54) is 6.26 Å². The number of amides is 1. The van der Waals surface area contributed by atoms with Gasteiger partial charge in [0.25, 0.3) is 0 Å². The summed E-state index contributed by atoms with van der Waals surface area (Å²) in [4.78, 5) is 24.1. The van der Waals surface area contributed by atoms with Crippen LogP contribution in [-0.2, 0) is 16.1 Å². The first kappa shape index (κ1) is 15.2. The standard InChI is InChI=1S/C13H20N2O4/c1-10(2)7-15(9-13(17)18)8-12(16)14-6-11-4-3-5-19-11/h3-5,10H,6-9H2,1-2H3,(H,14,16)(H,17,18). The molecule has 0 spiro atoms. The molecule has 106 valence electrons. The van der Waals surface area contributed by atoms with E-state index in [2.05, 4.69) is 5.32 Å². The SMILES string of the molecule is CC(C)CN(CC(=O)O)CC(=O)NCc1ccco1. The Kier molecular flexibility index (Phi) is 6.08. The Bertz CT molecular complexity index is 401. The Morgan fingerprint density at radius 1 is 1.42 bits per heavy atom. The lowest BCUT2D eigenvalue weighted by Gasteiger charge is -2.21. The van der Waals surface area contributed by atoms with Crippen LogP contribution < -0.4 is 5.32 Å². The number of nitrogens with zero attached hydrogens (tertiary/aromatic N) is 1. The normalized spacial score (nSPS) is 10.9. The van der Waals surface area contributed by atoms with Gasteiger partial charge < -0.3 is 14.8 Å². The van der Waals surface area contributed by atoms with Crippen molar-refractivity contribution in [2.24, 2.45) is 5.92 Å². The van der Waals surface area contributed by atoms with Gasteiger partial charge in [0.05, 0.1) is 25.9 Å². The number of carboxylic acids is 1. The summed E-state index contributed by atoms with van der Waals surface area (Å²) in [6.07, 6.45) is 1.54. The number of carbonyl (C=O) groups excluding carboxylic acids is 1. The van der Waals surface area contributed by atoms with E-state index in [1.807, 2.05) is 13.8 Å². The summed E-state index contributed by atoms with van der Waals surface area (Å²) in [7, 11) is 0. The van der Waals surface area contributed by atoms with Crippen molar-refractivity contribution in [3.8, 4) is 0 Å². The molecular weight excluding hydrogens is 248 g/mol. The van der Waals surface area contributed by atoms with E-state index in [1.54, 1.807) is 17.0 Å². The van der Waals surface area contributed by atoms with Crippen molar-refractivity contribution < 1.29 is 19.1 Å². The van der Waals surface area contributed by atoms with Crippen LogP contribution in [0.2, 0.25) is 0 Å². The van der Waals surface area contributed by atoms with Crippen molar-refractivity contribution in [3.05, 3.63) is 24.2 Å². The number of carbonyl (C=O) groups is 2. The highest BCUT2D eigenvalue weighted by atomic mass is 16.4. The van der Waals surface area contributed by atoms with Crippen LogP contribution in [-0.4, -0.2) is 41.5 Å². The fraction of sp³-hybridized carbons (Fsp3) is 0.538. The van der Waals surface area contributed by atoms with Gasteiger partial charge in [-0.1, -0.05) is 13.8 Å². The number of hydrogen-bond donors (Lipinski definition) is 2. The van der Waals surface area contributed by atoms with Crippen LogP contribution in [0.3, 0.4) is 0 Å². The third-order valence-corrected chi connectivity index (χ3v) is 2.39. The molecule has 0 saturated heterocycles. The van der Waals surface area contributed by atoms with Crippen molar-refractivity contribution in [2.45, 2.75) is 20.4 Å². The number of aliphatic carboxylic acids is 1. The molecule has 1 heterocycles. The fourth-order valence-electron chi connectivity index (χ4n) is 1.75. The molecule has 0 saturated carbocycles. The van der Waals surface area contributed by atoms with Crippen LogP contribution in [0.1, 0.15) is 19.6 Å². The summed E-state index contributed by atoms with van der Waals surface area (Å²) >= 11 is 0. The maximum absolute atomic E-state index is 11.7. The molecule has 0 unspecified atom stereocenters. The van der Waals surface area contributed by atoms with E-state index in [9.17, 15) is 9.59 Å². The Morgan fingerprint density at radius 3 is 2.68 bits per heavy atom. The molecule has 0 radical (unpaired) electrons. The first-order valence-electron chi connectivity index (χ1n) is 6.20. The van der Waals surface area contributed by atoms with Crippen molar-refractivity contribution in [2.75, 3.05) is 19.6 Å². The number of nitrogens with one attached hydrogen (secondary N) is 1. The molecule has 0 fully saturated rings. The summed E-state index contributed by atoms with van der Waals surface area (Å²) < 4.78 is 5.10. The molecule has 6 nitrogen and oxygen atoms in total. The fourth-order valence-corrected chi connectivity index (χ4v) is 1.75. The zero-order chi connectivity index (χ0) is 14.3. The van der Waals surface area contributed by atoms with E-state index < -0.39 is 5.97 Å². The molecule has 1 aromatic heterocycles. The van der Waals surface area contributed by atoms with E-state index in [0.29, 0.717) is 24.8 Å². The quantitative estimate of drug-likeness (QED) is 0.733. The first-order chi connectivity index (χ1) is 8.97. The van der Waals surface area contributed by atoms with Gasteiger partial charge in [0.15, 0.2) is 0 Å². The zero-order valence-corrected chi connectivity index (χ0v) is 11.3. The highest BCUT2D eigenvalue weighted by molar-refractivity contribution is 5.78. The van der Waals surface area contributed by atoms with Gasteiger partial charge in [-0.3, -0.25) is 14.5 Å². The van der Waals surface area contributed by atoms with Crippen molar-refractivity contribution in [3.63, 3.8) is 0 Å². The molecule has 6 heteroatoms. The van der Waals surface area contributed by atoms with Crippen molar-refractivity contribution in [1.29, 1.82) is 0 Å². The monoisotopic (exact) mass is 268 g/mol. The van der Waals surface area contributed by atoms with Crippen LogP contribution in [0, 0.1) is 5.92 Å². The Hall–Kier alpha value is -1.82. The van der Waals surface area contributed by atoms with Crippen LogP contribution >= 0.6 is 0 Å². The number of furan rings is 1. The summed E-state index contributed by atoms with van der Waals surface area (Å²) in [5.74, 6) is -0.169. The van der Waals surface area contributed by atoms with E-state index >= 15 is 0 Å². The van der Waals surface area contributed by atoms with Crippen molar-refractivity contribution in [1.82, 2.24) is 10.2 Å². The van der Waals surface area contributed by atoms with Gasteiger partial charge >= 0.3 is 5.97 Å². The molecule has 1 rings (SSSR count). The molecule has 0 aliphatic carbocycles. The highest BCUT2D eigenvalue weighted by Crippen LogP contribution is 2.00. The Balaban J connectivity index is 2.39. The minimum absolute atomic E-state index is 0.0746. The van der Waals surface area contributed by atoms with Crippen LogP contribution in [0.5, 0.6) is 0 Å². The summed E-state index contributed by atoms with van der Waals surface area (Å²) in [6.45, 7) is 4.79. The van der Waals surface area contributed by atoms with Gasteiger partial charge in [0.1, 0.15) is 5.76 Å². The van der Waals surface area contributed by atoms with Crippen LogP contribution in [0.15, 0.2) is 22.8 Å². The topological polar surface area (TPSA) is 82.8 Å². The molecule has 0 aromatic carbocycles. The summed E-state index contributed by atoms with van der Waals surface area (Å²) in [5.41, 5.74) is 0. The third-order valence-electron chi connectivity index (χ3n) is 2.39. The van der Waals surface area contributed by atoms with Gasteiger partial charge in [0.2, 0.25) is 5.91 Å². The van der Waals surface area contributed by atoms with Gasteiger partial charge in [-0.25, -0.2) is 0 Å². The highest BCUT2D eigenvalue weighted by Gasteiger charge is 2.15. The second-order valence-electron chi connectivity index (χ2n) is 4.81. The summed E-state index contributed by atoms with van der Waals surface area (Å²) in [5, 5.41) is 11.5. The van der Waals surface area contributed by atoms with Crippen molar-refractivity contribution >= 4 is 11.9 Å². The van der Waals surface area contributed by atoms with E-state index in [0.717, 1.165) is 0 Å². The third kappa shape index (κ3) is 6.61. The van der Waals surface area contributed by atoms with E-state index in [-0.39, 0.29) is 19.0 Å². The molecule has 0 atom stereocenters. The van der Waals surface area contributed by atoms with Gasteiger partial charge in [-0.2, -0.15) is 0 Å². The number of carboxylic acid groups (broad SMARTS) is 1. The smallest absolute Gasteiger partial charge is 0.317 e. The lowest BCUT2D eigenvalue weighted by atomic mass is 10.2. The van der Waals surface area contributed by atoms with E-state index in [4.69, 9.17) is 9.52 Å². The maximum atomic E-state index is 11.7. The average Bonchev–Trinajstić information content (AvgIpc) is 2.77. The van der Waals surface area contributed by atoms with Gasteiger partial charge in [-0.15, -0.1) is 0 Å². The largest absolute Gasteiger partial charge is 0.480 e. The van der Waals surface area contributed by atoms with Crippen LogP contribution in [0.25, 0.3) is 0 Å². The molecular formula is C13H20N2O4. The Labute approximate surface area is 112 Å². The molecule has 0 aliphatic heterocycles. The average molecular weight is 268 g/mol. The molecule has 2 N–H and O–H groups in total. The molecule has 0 bridgehead atoms. The second-order valence-corrected chi connectivity index (χ2v) is 4.81. The lowest BCUT2D eigenvalue weighted by Crippen LogP contribution is -2.41. The van der Waals surface area contributed by atoms with Crippen LogP contribution in [0.4, 0.5) is 0 Å². The molecule has 19 heavy (non-hydrogen) atoms. The second kappa shape index (κ2) is 7.58. The Morgan fingerprint density at radius 2 is 2.16 bits per heavy atom. The molecule has 0 aliphatic rings. The zero-order valence-electron chi connectivity index (χ0n) is 11.3. The lowest BCUT2D eigenvalue weighted by molar-refractivity contribution is -0.138. The maximum Gasteiger partial charge on any atom is 0.317 e. The minimum Gasteiger partial charge on any atom is -0.480 e. The van der Waals surface area contributed by atoms with Gasteiger partial charge in [0, 0.05) is 6.54 Å². The van der Waals surface area contributed by atoms with Gasteiger partial charge in [-0.05, 0) is 18.1 Å². The molecule has 1 amide bonds. The minimum atomic E-state index is -0.931. The number of hydrogen-bond acceptors (Lipinski definition) is 4. The number of rotatable bonds is 8.